The Kier molecular flexibility index (Phi) is 6.47. The molecule has 2 heterocycles. The lowest BCUT2D eigenvalue weighted by molar-refractivity contribution is 0.0946. The van der Waals surface area contributed by atoms with Gasteiger partial charge in [0.05, 0.1) is 11.6 Å². The molecule has 2 aromatic heterocycles. The van der Waals surface area contributed by atoms with E-state index in [-0.39, 0.29) is 17.3 Å². The number of aromatic nitrogens is 6. The molecule has 1 saturated carbocycles. The smallest absolute Gasteiger partial charge is 0.270 e. The molecule has 1 aliphatic carbocycles. The van der Waals surface area contributed by atoms with Gasteiger partial charge in [-0.25, -0.2) is 14.4 Å². The van der Waals surface area contributed by atoms with Crippen molar-refractivity contribution in [3.63, 3.8) is 0 Å². The van der Waals surface area contributed by atoms with Crippen LogP contribution in [-0.2, 0) is 13.1 Å². The van der Waals surface area contributed by atoms with Crippen LogP contribution in [-0.4, -0.2) is 42.1 Å². The Morgan fingerprint density at radius 1 is 1.23 bits per heavy atom. The largest absolute Gasteiger partial charge is 0.347 e. The highest BCUT2D eigenvalue weighted by atomic mass is 35.5. The van der Waals surface area contributed by atoms with Crippen LogP contribution in [0.25, 0.3) is 11.5 Å². The van der Waals surface area contributed by atoms with Gasteiger partial charge >= 0.3 is 0 Å². The first-order valence-electron chi connectivity index (χ1n) is 10.1. The first-order chi connectivity index (χ1) is 15.0. The maximum Gasteiger partial charge on any atom is 0.270 e. The molecule has 3 aromatic rings. The second-order valence-electron chi connectivity index (χ2n) is 7.67. The Bertz CT molecular complexity index is 1070. The Morgan fingerprint density at radius 2 is 2.03 bits per heavy atom. The zero-order valence-corrected chi connectivity index (χ0v) is 17.5. The molecule has 1 amide bonds. The molecule has 0 radical (unpaired) electrons. The monoisotopic (exact) mass is 444 g/mol. The topological polar surface area (TPSA) is 125 Å². The molecular formula is C20H22ClFN8O. The van der Waals surface area contributed by atoms with Crippen LogP contribution >= 0.6 is 11.6 Å². The van der Waals surface area contributed by atoms with Crippen molar-refractivity contribution >= 4 is 17.5 Å². The van der Waals surface area contributed by atoms with E-state index in [2.05, 4.69) is 30.7 Å². The summed E-state index contributed by atoms with van der Waals surface area (Å²) in [6, 6.07) is 6.07. The molecule has 0 saturated heterocycles. The fourth-order valence-corrected chi connectivity index (χ4v) is 3.75. The van der Waals surface area contributed by atoms with Gasteiger partial charge in [-0.3, -0.25) is 4.79 Å². The van der Waals surface area contributed by atoms with Gasteiger partial charge in [0.2, 0.25) is 5.82 Å². The molecule has 162 valence electrons. The standard InChI is InChI=1S/C20H22ClFN8O/c21-15-7-13(3-6-16(15)22)9-24-20(31)18-8-17(25-11-26-18)19-27-29-30(28-19)10-12-1-4-14(23)5-2-12/h3,6-8,11-12,14H,1-2,4-5,9-10,23H2,(H,24,31). The van der Waals surface area contributed by atoms with Gasteiger partial charge in [0.15, 0.2) is 0 Å². The average Bonchev–Trinajstić information content (AvgIpc) is 3.24. The molecule has 0 aliphatic heterocycles. The number of nitrogens with two attached hydrogens (primary N) is 1. The van der Waals surface area contributed by atoms with E-state index in [0.29, 0.717) is 35.6 Å². The molecule has 0 spiro atoms. The van der Waals surface area contributed by atoms with Crippen molar-refractivity contribution in [2.45, 2.75) is 44.8 Å². The number of benzene rings is 1. The van der Waals surface area contributed by atoms with Crippen LogP contribution in [0.2, 0.25) is 5.02 Å². The number of carbonyl (C=O) groups excluding carboxylic acids is 1. The molecule has 1 aliphatic rings. The molecule has 1 aromatic carbocycles. The number of rotatable bonds is 6. The summed E-state index contributed by atoms with van der Waals surface area (Å²) in [5.41, 5.74) is 7.19. The molecule has 0 atom stereocenters. The summed E-state index contributed by atoms with van der Waals surface area (Å²) in [7, 11) is 0. The molecule has 11 heteroatoms. The second-order valence-corrected chi connectivity index (χ2v) is 8.08. The highest BCUT2D eigenvalue weighted by Crippen LogP contribution is 2.24. The van der Waals surface area contributed by atoms with E-state index in [4.69, 9.17) is 17.3 Å². The van der Waals surface area contributed by atoms with Crippen molar-refractivity contribution in [2.75, 3.05) is 0 Å². The first-order valence-corrected chi connectivity index (χ1v) is 10.4. The summed E-state index contributed by atoms with van der Waals surface area (Å²) in [6.45, 7) is 0.857. The number of carbonyl (C=O) groups is 1. The highest BCUT2D eigenvalue weighted by Gasteiger charge is 2.20. The van der Waals surface area contributed by atoms with Gasteiger partial charge in [-0.1, -0.05) is 17.7 Å². The third-order valence-electron chi connectivity index (χ3n) is 5.33. The first kappa shape index (κ1) is 21.3. The summed E-state index contributed by atoms with van der Waals surface area (Å²) < 4.78 is 13.3. The van der Waals surface area contributed by atoms with E-state index in [1.165, 1.54) is 24.5 Å². The molecule has 31 heavy (non-hydrogen) atoms. The number of nitrogens with one attached hydrogen (secondary N) is 1. The highest BCUT2D eigenvalue weighted by molar-refractivity contribution is 6.30. The maximum atomic E-state index is 13.3. The Labute approximate surface area is 183 Å². The van der Waals surface area contributed by atoms with Crippen LogP contribution in [0.1, 0.15) is 41.7 Å². The number of tetrazole rings is 1. The van der Waals surface area contributed by atoms with E-state index in [1.54, 1.807) is 10.9 Å². The number of halogens is 2. The normalized spacial score (nSPS) is 18.7. The summed E-state index contributed by atoms with van der Waals surface area (Å²) in [4.78, 5) is 22.2. The summed E-state index contributed by atoms with van der Waals surface area (Å²) in [5, 5.41) is 15.3. The van der Waals surface area contributed by atoms with E-state index < -0.39 is 11.7 Å². The van der Waals surface area contributed by atoms with Crippen LogP contribution < -0.4 is 11.1 Å². The SMILES string of the molecule is NC1CCC(Cn2nnc(-c3cc(C(=O)NCc4ccc(F)c(Cl)c4)ncn3)n2)CC1. The van der Waals surface area contributed by atoms with Crippen molar-refractivity contribution in [2.24, 2.45) is 11.7 Å². The van der Waals surface area contributed by atoms with E-state index in [0.717, 1.165) is 25.7 Å². The molecule has 3 N–H and O–H groups in total. The third kappa shape index (κ3) is 5.39. The van der Waals surface area contributed by atoms with E-state index >= 15 is 0 Å². The molecule has 0 unspecified atom stereocenters. The van der Waals surface area contributed by atoms with Crippen molar-refractivity contribution in [3.05, 3.63) is 52.7 Å². The van der Waals surface area contributed by atoms with Gasteiger partial charge in [-0.2, -0.15) is 4.80 Å². The average molecular weight is 445 g/mol. The van der Waals surface area contributed by atoms with Crippen LogP contribution in [0.3, 0.4) is 0 Å². The zero-order valence-electron chi connectivity index (χ0n) is 16.7. The lowest BCUT2D eigenvalue weighted by Gasteiger charge is -2.25. The molecule has 9 nitrogen and oxygen atoms in total. The van der Waals surface area contributed by atoms with Gasteiger partial charge in [0.25, 0.3) is 5.91 Å². The lowest BCUT2D eigenvalue weighted by Crippen LogP contribution is -2.28. The minimum atomic E-state index is -0.509. The number of hydrogen-bond acceptors (Lipinski definition) is 7. The van der Waals surface area contributed by atoms with Crippen LogP contribution in [0.5, 0.6) is 0 Å². The Morgan fingerprint density at radius 3 is 2.81 bits per heavy atom. The summed E-state index contributed by atoms with van der Waals surface area (Å²) in [6.07, 6.45) is 5.41. The third-order valence-corrected chi connectivity index (χ3v) is 5.62. The fourth-order valence-electron chi connectivity index (χ4n) is 3.55. The number of hydrogen-bond donors (Lipinski definition) is 2. The molecular weight excluding hydrogens is 423 g/mol. The lowest BCUT2D eigenvalue weighted by atomic mass is 9.86. The number of amides is 1. The maximum absolute atomic E-state index is 13.3. The predicted octanol–water partition coefficient (Wildman–Crippen LogP) is 2.37. The van der Waals surface area contributed by atoms with Gasteiger partial charge in [0, 0.05) is 12.6 Å². The fraction of sp³-hybridized carbons (Fsp3) is 0.400. The second kappa shape index (κ2) is 9.44. The quantitative estimate of drug-likeness (QED) is 0.597. The van der Waals surface area contributed by atoms with E-state index in [9.17, 15) is 9.18 Å². The van der Waals surface area contributed by atoms with Crippen LogP contribution in [0.15, 0.2) is 30.6 Å². The van der Waals surface area contributed by atoms with Gasteiger partial charge in [-0.15, -0.1) is 10.2 Å². The van der Waals surface area contributed by atoms with Crippen molar-refractivity contribution in [3.8, 4) is 11.5 Å². The molecule has 1 fully saturated rings. The van der Waals surface area contributed by atoms with Crippen LogP contribution in [0.4, 0.5) is 4.39 Å². The van der Waals surface area contributed by atoms with Crippen molar-refractivity contribution in [1.29, 1.82) is 0 Å². The van der Waals surface area contributed by atoms with Gasteiger partial charge in [-0.05, 0) is 60.6 Å². The van der Waals surface area contributed by atoms with Crippen molar-refractivity contribution in [1.82, 2.24) is 35.5 Å². The van der Waals surface area contributed by atoms with Gasteiger partial charge < -0.3 is 11.1 Å². The van der Waals surface area contributed by atoms with Gasteiger partial charge in [0.1, 0.15) is 23.5 Å². The minimum Gasteiger partial charge on any atom is -0.347 e. The summed E-state index contributed by atoms with van der Waals surface area (Å²) in [5.74, 6) is -0.109. The Balaban J connectivity index is 1.39. The zero-order chi connectivity index (χ0) is 21.8. The van der Waals surface area contributed by atoms with Crippen molar-refractivity contribution < 1.29 is 9.18 Å². The van der Waals surface area contributed by atoms with E-state index in [1.807, 2.05) is 0 Å². The predicted molar refractivity (Wildman–Crippen MR) is 111 cm³/mol. The minimum absolute atomic E-state index is 0.00121. The van der Waals surface area contributed by atoms with Crippen LogP contribution in [0, 0.1) is 11.7 Å². The summed E-state index contributed by atoms with van der Waals surface area (Å²) >= 11 is 5.77. The number of nitrogens with zero attached hydrogens (tertiary/aromatic N) is 6. The Hall–Kier alpha value is -2.98. The molecule has 0 bridgehead atoms. The molecule has 4 rings (SSSR count).